The van der Waals surface area contributed by atoms with E-state index in [4.69, 9.17) is 5.10 Å². The lowest BCUT2D eigenvalue weighted by Crippen LogP contribution is -2.50. The van der Waals surface area contributed by atoms with Crippen LogP contribution in [0.5, 0.6) is 0 Å². The first-order chi connectivity index (χ1) is 16.9. The summed E-state index contributed by atoms with van der Waals surface area (Å²) in [5.74, 6) is -0.151. The summed E-state index contributed by atoms with van der Waals surface area (Å²) in [6.07, 6.45) is 2.83. The van der Waals surface area contributed by atoms with Crippen LogP contribution in [0, 0.1) is 6.92 Å². The van der Waals surface area contributed by atoms with Crippen molar-refractivity contribution in [1.82, 2.24) is 28.8 Å². The monoisotopic (exact) mass is 490 g/mol. The van der Waals surface area contributed by atoms with E-state index in [1.807, 2.05) is 67.6 Å². The van der Waals surface area contributed by atoms with Crippen molar-refractivity contribution in [3.8, 4) is 16.9 Å². The Kier molecular flexibility index (Phi) is 6.00. The van der Waals surface area contributed by atoms with E-state index in [2.05, 4.69) is 5.10 Å². The highest BCUT2D eigenvalue weighted by Crippen LogP contribution is 2.29. The molecule has 1 amide bonds. The Bertz CT molecular complexity index is 1450. The maximum absolute atomic E-state index is 13.8. The lowest BCUT2D eigenvalue weighted by atomic mass is 10.0. The van der Waals surface area contributed by atoms with E-state index in [1.54, 1.807) is 16.6 Å². The average Bonchev–Trinajstić information content (AvgIpc) is 3.48. The van der Waals surface area contributed by atoms with E-state index in [0.717, 1.165) is 16.9 Å². The van der Waals surface area contributed by atoms with Gasteiger partial charge in [0.05, 0.1) is 23.1 Å². The molecule has 0 unspecified atom stereocenters. The van der Waals surface area contributed by atoms with Crippen molar-refractivity contribution in [2.75, 3.05) is 26.2 Å². The SMILES string of the molecule is Cc1c(C(=O)N2CCN(S(=O)(=O)c3cnn(C)c3)CC2)c(-c2ccccc2)nn1-c1ccccc1. The second-order valence-corrected chi connectivity index (χ2v) is 10.4. The number of carbonyl (C=O) groups is 1. The third kappa shape index (κ3) is 4.26. The highest BCUT2D eigenvalue weighted by atomic mass is 32.2. The van der Waals surface area contributed by atoms with Gasteiger partial charge in [-0.15, -0.1) is 0 Å². The molecule has 180 valence electrons. The minimum absolute atomic E-state index is 0.151. The Labute approximate surface area is 204 Å². The number of aromatic nitrogens is 4. The van der Waals surface area contributed by atoms with Gasteiger partial charge in [0, 0.05) is 45.0 Å². The molecule has 35 heavy (non-hydrogen) atoms. The van der Waals surface area contributed by atoms with Gasteiger partial charge in [-0.3, -0.25) is 9.48 Å². The van der Waals surface area contributed by atoms with Crippen molar-refractivity contribution in [3.63, 3.8) is 0 Å². The number of sulfonamides is 1. The molecular formula is C25H26N6O3S. The molecule has 10 heteroatoms. The zero-order chi connectivity index (χ0) is 24.6. The second kappa shape index (κ2) is 9.12. The van der Waals surface area contributed by atoms with Crippen LogP contribution in [0.25, 0.3) is 16.9 Å². The number of para-hydroxylation sites is 1. The fourth-order valence-corrected chi connectivity index (χ4v) is 5.76. The van der Waals surface area contributed by atoms with Gasteiger partial charge < -0.3 is 4.90 Å². The Morgan fingerprint density at radius 2 is 1.54 bits per heavy atom. The van der Waals surface area contributed by atoms with E-state index in [-0.39, 0.29) is 23.9 Å². The number of benzene rings is 2. The maximum atomic E-state index is 13.8. The molecule has 1 saturated heterocycles. The number of piperazine rings is 1. The zero-order valence-corrected chi connectivity index (χ0v) is 20.4. The summed E-state index contributed by atoms with van der Waals surface area (Å²) >= 11 is 0. The second-order valence-electron chi connectivity index (χ2n) is 8.47. The molecule has 0 atom stereocenters. The van der Waals surface area contributed by atoms with Crippen LogP contribution in [0.2, 0.25) is 0 Å². The van der Waals surface area contributed by atoms with Crippen molar-refractivity contribution in [2.45, 2.75) is 11.8 Å². The van der Waals surface area contributed by atoms with Crippen LogP contribution in [-0.4, -0.2) is 69.3 Å². The van der Waals surface area contributed by atoms with E-state index in [1.165, 1.54) is 21.4 Å². The van der Waals surface area contributed by atoms with Crippen LogP contribution in [0.4, 0.5) is 0 Å². The highest BCUT2D eigenvalue weighted by Gasteiger charge is 2.33. The summed E-state index contributed by atoms with van der Waals surface area (Å²) in [6.45, 7) is 2.92. The Hall–Kier alpha value is -3.76. The van der Waals surface area contributed by atoms with Crippen LogP contribution < -0.4 is 0 Å². The number of hydrogen-bond acceptors (Lipinski definition) is 5. The maximum Gasteiger partial charge on any atom is 0.258 e. The minimum atomic E-state index is -3.65. The number of hydrogen-bond donors (Lipinski definition) is 0. The molecule has 0 bridgehead atoms. The zero-order valence-electron chi connectivity index (χ0n) is 19.6. The lowest BCUT2D eigenvalue weighted by molar-refractivity contribution is 0.0698. The third-order valence-corrected chi connectivity index (χ3v) is 8.07. The first-order valence-electron chi connectivity index (χ1n) is 11.3. The summed E-state index contributed by atoms with van der Waals surface area (Å²) in [6, 6.07) is 19.3. The van der Waals surface area contributed by atoms with Gasteiger partial charge in [-0.05, 0) is 19.1 Å². The van der Waals surface area contributed by atoms with Gasteiger partial charge in [0.25, 0.3) is 5.91 Å². The summed E-state index contributed by atoms with van der Waals surface area (Å²) in [4.78, 5) is 15.6. The van der Waals surface area contributed by atoms with Crippen molar-refractivity contribution < 1.29 is 13.2 Å². The predicted molar refractivity (Wildman–Crippen MR) is 132 cm³/mol. The molecule has 0 aliphatic carbocycles. The third-order valence-electron chi connectivity index (χ3n) is 6.22. The van der Waals surface area contributed by atoms with E-state index in [0.29, 0.717) is 24.3 Å². The van der Waals surface area contributed by atoms with Crippen molar-refractivity contribution in [1.29, 1.82) is 0 Å². The summed E-state index contributed by atoms with van der Waals surface area (Å²) in [5.41, 5.74) is 3.61. The number of amides is 1. The van der Waals surface area contributed by atoms with Crippen LogP contribution >= 0.6 is 0 Å². The van der Waals surface area contributed by atoms with Gasteiger partial charge in [-0.25, -0.2) is 13.1 Å². The molecule has 1 aliphatic rings. The molecule has 5 rings (SSSR count). The van der Waals surface area contributed by atoms with Crippen molar-refractivity contribution >= 4 is 15.9 Å². The van der Waals surface area contributed by atoms with Crippen molar-refractivity contribution in [2.24, 2.45) is 7.05 Å². The Balaban J connectivity index is 1.44. The molecule has 2 aromatic carbocycles. The molecule has 2 aromatic heterocycles. The predicted octanol–water partition coefficient (Wildman–Crippen LogP) is 2.73. The molecule has 0 spiro atoms. The number of nitrogens with zero attached hydrogens (tertiary/aromatic N) is 6. The van der Waals surface area contributed by atoms with Crippen molar-refractivity contribution in [3.05, 3.63) is 84.3 Å². The molecule has 0 radical (unpaired) electrons. The largest absolute Gasteiger partial charge is 0.336 e. The van der Waals surface area contributed by atoms with Gasteiger partial charge in [0.1, 0.15) is 10.6 Å². The van der Waals surface area contributed by atoms with Gasteiger partial charge >= 0.3 is 0 Å². The average molecular weight is 491 g/mol. The van der Waals surface area contributed by atoms with E-state index < -0.39 is 10.0 Å². The fourth-order valence-electron chi connectivity index (χ4n) is 4.35. The molecule has 4 aromatic rings. The van der Waals surface area contributed by atoms with E-state index in [9.17, 15) is 13.2 Å². The fraction of sp³-hybridized carbons (Fsp3) is 0.240. The molecule has 1 fully saturated rings. The van der Waals surface area contributed by atoms with Gasteiger partial charge in [0.15, 0.2) is 0 Å². The summed E-state index contributed by atoms with van der Waals surface area (Å²) in [7, 11) is -1.97. The Morgan fingerprint density at radius 1 is 0.914 bits per heavy atom. The quantitative estimate of drug-likeness (QED) is 0.429. The molecular weight excluding hydrogens is 464 g/mol. The number of aryl methyl sites for hydroxylation is 1. The van der Waals surface area contributed by atoms with Crippen LogP contribution in [0.15, 0.2) is 78.0 Å². The van der Waals surface area contributed by atoms with Gasteiger partial charge in [-0.1, -0.05) is 48.5 Å². The summed E-state index contributed by atoms with van der Waals surface area (Å²) < 4.78 is 30.6. The summed E-state index contributed by atoms with van der Waals surface area (Å²) in [5, 5.41) is 8.79. The lowest BCUT2D eigenvalue weighted by Gasteiger charge is -2.33. The van der Waals surface area contributed by atoms with Crippen LogP contribution in [0.1, 0.15) is 16.1 Å². The van der Waals surface area contributed by atoms with Gasteiger partial charge in [0.2, 0.25) is 10.0 Å². The molecule has 9 nitrogen and oxygen atoms in total. The minimum Gasteiger partial charge on any atom is -0.336 e. The molecule has 0 saturated carbocycles. The normalized spacial score (nSPS) is 14.9. The van der Waals surface area contributed by atoms with E-state index >= 15 is 0 Å². The molecule has 1 aliphatic heterocycles. The number of carbonyl (C=O) groups excluding carboxylic acids is 1. The molecule has 3 heterocycles. The van der Waals surface area contributed by atoms with Crippen LogP contribution in [-0.2, 0) is 17.1 Å². The molecule has 0 N–H and O–H groups in total. The van der Waals surface area contributed by atoms with Gasteiger partial charge in [-0.2, -0.15) is 14.5 Å². The Morgan fingerprint density at radius 3 is 2.14 bits per heavy atom. The topological polar surface area (TPSA) is 93.3 Å². The van der Waals surface area contributed by atoms with Crippen LogP contribution in [0.3, 0.4) is 0 Å². The smallest absolute Gasteiger partial charge is 0.258 e. The first-order valence-corrected chi connectivity index (χ1v) is 12.8. The highest BCUT2D eigenvalue weighted by molar-refractivity contribution is 7.89. The first kappa shape index (κ1) is 23.0. The standard InChI is InChI=1S/C25H26N6O3S/c1-19-23(24(20-9-5-3-6-10-20)27-31(19)21-11-7-4-8-12-21)25(32)29-13-15-30(16-14-29)35(33,34)22-17-26-28(2)18-22/h3-12,17-18H,13-16H2,1-2H3. The number of rotatable bonds is 5.